The summed E-state index contributed by atoms with van der Waals surface area (Å²) in [6, 6.07) is 17.1. The van der Waals surface area contributed by atoms with Gasteiger partial charge in [-0.2, -0.15) is 0 Å². The maximum atomic E-state index is 14.1. The van der Waals surface area contributed by atoms with Gasteiger partial charge in [-0.3, -0.25) is 39.2 Å². The van der Waals surface area contributed by atoms with Crippen LogP contribution in [0.2, 0.25) is 0 Å². The fourth-order valence-electron chi connectivity index (χ4n) is 11.4. The Morgan fingerprint density at radius 3 is 1.00 bits per heavy atom. The summed E-state index contributed by atoms with van der Waals surface area (Å²) in [5.74, 6) is -0.879. The van der Waals surface area contributed by atoms with E-state index >= 15 is 0 Å². The van der Waals surface area contributed by atoms with Gasteiger partial charge in [0.2, 0.25) is 23.3 Å². The minimum absolute atomic E-state index is 0. The second kappa shape index (κ2) is 49.4. The number of aryl methyl sites for hydroxylation is 4. The molecule has 10 N–H and O–H groups in total. The molecular weight excluding hydrogens is 3110 g/mol. The number of carbonyl (C=O) groups is 2. The van der Waals surface area contributed by atoms with Crippen LogP contribution in [0.25, 0.3) is 22.3 Å². The predicted octanol–water partition coefficient (Wildman–Crippen LogP) is 10.8. The number of nitrogens with one attached hydrogen (secondary N) is 2. The zero-order valence-corrected chi connectivity index (χ0v) is 91.7. The molecule has 45 heteroatoms. The molecule has 6 aromatic heterocycles. The smallest absolute Gasteiger partial charge is 0.415 e. The summed E-state index contributed by atoms with van der Waals surface area (Å²) >= 11 is 0. The number of rotatable bonds is 4. The molecule has 10 aromatic rings. The van der Waals surface area contributed by atoms with E-state index in [4.69, 9.17) is 60.3 Å². The fourth-order valence-corrected chi connectivity index (χ4v) is 11.4. The fraction of sp³-hybridized carbons (Fsp3) is 0.278. The standard InChI is InChI=1S/2C19H20FN5O5.2C17H16FN5O2.7U.4H2/c2*1-2-29-19(26)24-11-12-7-8-13(20)14(10-12)30-9-5-3-4-6-15-22-17(21)16(25(27)28)18(24)23-15;2*18-11-6-5-10-8-12(11)25-7-3-1-2-4-13-20-15(19)14-16(21-13)23(9-10)17(24)22-14;;;;;;;;;;;/h2*3,5,7-8,10H,2,4,6,9,11H2,1H3,(H2,21,22,23);2*1,3,5-6,8H,2,4,7,9H2,(H,22,24)(H2,19,20,21);;;;;;;;4*1H/b5-3+;5-3-;3-1+;3-1-;;;;;;;;;;;/i;;;;;;;;;;;3*1+2T;1+2. The molecule has 0 saturated heterocycles. The molecule has 0 fully saturated rings. The Morgan fingerprint density at radius 2 is 0.718 bits per heavy atom. The van der Waals surface area contributed by atoms with Crippen molar-refractivity contribution < 1.29 is 294 Å². The summed E-state index contributed by atoms with van der Waals surface area (Å²) in [5.41, 5.74) is 25.8. The van der Waals surface area contributed by atoms with Crippen molar-refractivity contribution in [2.24, 2.45) is 0 Å². The molecule has 0 radical (unpaired) electrons. The molecule has 34 nitrogen and oxygen atoms in total. The van der Waals surface area contributed by atoms with Gasteiger partial charge in [-0.15, -0.1) is 0 Å². The van der Waals surface area contributed by atoms with Gasteiger partial charge >= 0.3 is 34.9 Å². The molecule has 14 rings (SSSR count). The van der Waals surface area contributed by atoms with Gasteiger partial charge < -0.3 is 61.3 Å². The molecule has 0 saturated carbocycles. The number of amides is 2. The van der Waals surface area contributed by atoms with Gasteiger partial charge in [-0.05, 0) is 110 Å². The Bertz CT molecular complexity index is 5130. The second-order valence-electron chi connectivity index (χ2n) is 24.3. The maximum absolute atomic E-state index is 14.1. The van der Waals surface area contributed by atoms with Gasteiger partial charge in [0, 0.05) is 254 Å². The number of aromatic nitrogens is 12. The predicted molar refractivity (Wildman–Crippen MR) is 402 cm³/mol. The SMILES string of the molecule is CCOC(=O)N1Cc2ccc(F)c(c2)OC/C=C/CCc2nc(N)c([N+](=O)[O-])c1n2.CCOC(=O)N1Cc2ccc(F)c(c2)OC/C=C\CCc2nc(N)c([N+](=O)[O-])c1n2.Nc1nc2nc3c1[nH]c(=O)n3Cc1ccc(F)c(c1)OC/C=C/CC2.Nc1nc2nc3c1[nH]c(=O)n3Cc1ccc(F)c(c1)OC/C=C\CC2.[3HH].[3H][3H].[3H][3H].[3H][3H].[U].[U].[U].[U].[U].[U].[U]. The van der Waals surface area contributed by atoms with Crippen molar-refractivity contribution in [3.05, 3.63) is 231 Å². The molecule has 4 aliphatic rings. The maximum Gasteiger partial charge on any atom is 0.415 e. The number of anilines is 6. The van der Waals surface area contributed by atoms with Gasteiger partial charge in [0.05, 0.1) is 49.2 Å². The van der Waals surface area contributed by atoms with E-state index in [1.165, 1.54) is 57.7 Å². The summed E-state index contributed by atoms with van der Waals surface area (Å²) in [6.45, 7) is 4.20. The van der Waals surface area contributed by atoms with Crippen LogP contribution in [0.4, 0.5) is 73.4 Å². The largest absolute Gasteiger partial charge is 0.486 e. The van der Waals surface area contributed by atoms with Crippen LogP contribution in [0, 0.1) is 261 Å². The molecule has 608 valence electrons. The van der Waals surface area contributed by atoms with E-state index < -0.39 is 56.7 Å². The summed E-state index contributed by atoms with van der Waals surface area (Å²) in [6.07, 6.45) is 16.9. The number of allylic oxidation sites excluding steroid dienone is 4. The number of ether oxygens (including phenoxy) is 6. The van der Waals surface area contributed by atoms with Crippen molar-refractivity contribution in [2.45, 2.75) is 91.4 Å². The van der Waals surface area contributed by atoms with Crippen LogP contribution < -0.4 is 63.1 Å². The van der Waals surface area contributed by atoms with E-state index in [1.807, 2.05) is 24.3 Å². The van der Waals surface area contributed by atoms with Crippen molar-refractivity contribution in [1.29, 1.82) is 0 Å². The number of nitrogen functional groups attached to an aromatic ring is 4. The van der Waals surface area contributed by atoms with Crippen molar-refractivity contribution in [2.75, 3.05) is 72.4 Å². The first-order chi connectivity index (χ1) is 56.0. The Balaban J connectivity index is 0.00000156. The first-order valence-electron chi connectivity index (χ1n) is 37.3. The van der Waals surface area contributed by atoms with E-state index in [2.05, 4.69) is 49.8 Å². The minimum Gasteiger partial charge on any atom is -0.486 e. The Hall–Kier alpha value is -6.48. The summed E-state index contributed by atoms with van der Waals surface area (Å²) in [7, 11) is 0. The summed E-state index contributed by atoms with van der Waals surface area (Å²) < 4.78 is 121. The number of halogens is 4. The third-order valence-corrected chi connectivity index (χ3v) is 16.6. The molecule has 16 bridgehead atoms. The van der Waals surface area contributed by atoms with Crippen LogP contribution in [0.15, 0.2) is 131 Å². The molecule has 117 heavy (non-hydrogen) atoms. The first-order valence-corrected chi connectivity index (χ1v) is 34.3. The Morgan fingerprint density at radius 1 is 0.444 bits per heavy atom. The summed E-state index contributed by atoms with van der Waals surface area (Å²) in [4.78, 5) is 113. The van der Waals surface area contributed by atoms with Crippen molar-refractivity contribution in [3.63, 3.8) is 0 Å². The van der Waals surface area contributed by atoms with Crippen molar-refractivity contribution in [3.8, 4) is 23.0 Å². The van der Waals surface area contributed by atoms with E-state index in [9.17, 15) is 57.0 Å². The van der Waals surface area contributed by atoms with Crippen LogP contribution in [0.1, 0.15) is 95.4 Å². The third-order valence-electron chi connectivity index (χ3n) is 16.6. The van der Waals surface area contributed by atoms with Gasteiger partial charge in [-0.25, -0.2) is 76.6 Å². The monoisotopic (exact) mass is 3210 g/mol. The van der Waals surface area contributed by atoms with Crippen molar-refractivity contribution >= 4 is 80.8 Å². The van der Waals surface area contributed by atoms with Gasteiger partial charge in [0.15, 0.2) is 69.2 Å². The van der Waals surface area contributed by atoms with Crippen LogP contribution in [-0.2, 0) is 61.3 Å². The number of fused-ring (bicyclic) bond motifs is 14. The van der Waals surface area contributed by atoms with Gasteiger partial charge in [0.1, 0.15) is 60.8 Å². The quantitative estimate of drug-likeness (QED) is 0.0412. The molecule has 4 aliphatic heterocycles. The van der Waals surface area contributed by atoms with E-state index in [0.717, 1.165) is 20.9 Å². The number of benzene rings is 4. The number of carbonyl (C=O) groups excluding carboxylic acids is 2. The molecular formula is C72H80F4N20O14U7. The average Bonchev–Trinajstić information content (AvgIpc) is 1.65. The number of hydrogen-bond acceptors (Lipinski definition) is 26. The zero-order valence-electron chi connectivity index (χ0n) is 68.6. The van der Waals surface area contributed by atoms with Crippen LogP contribution >= 0.6 is 0 Å². The number of nitrogens with two attached hydrogens (primary N) is 4. The number of H-pyrrole nitrogens is 2. The Labute approximate surface area is 840 Å². The topological polar surface area (TPSA) is 465 Å². The molecule has 0 atom stereocenters. The number of nitro groups is 2. The number of hydrogen-bond donors (Lipinski definition) is 6. The van der Waals surface area contributed by atoms with Crippen molar-refractivity contribution in [1.82, 2.24) is 59.0 Å². The van der Waals surface area contributed by atoms with Gasteiger partial charge in [-0.1, -0.05) is 72.9 Å². The zero-order chi connectivity index (χ0) is 84.1. The molecule has 10 heterocycles. The number of imidazole rings is 2. The van der Waals surface area contributed by atoms with E-state index in [1.54, 1.807) is 62.4 Å². The second-order valence-corrected chi connectivity index (χ2v) is 24.3. The minimum atomic E-state index is -0.858. The molecule has 0 unspecified atom stereocenters. The van der Waals surface area contributed by atoms with Crippen LogP contribution in [0.3, 0.4) is 0 Å². The number of nitrogens with zero attached hydrogens (tertiary/aromatic N) is 14. The van der Waals surface area contributed by atoms with E-state index in [0.29, 0.717) is 96.5 Å². The average molecular weight is 3210 g/mol. The van der Waals surface area contributed by atoms with Crippen LogP contribution in [-0.4, -0.2) is 121 Å². The molecule has 0 aliphatic carbocycles. The first kappa shape index (κ1) is 97.6. The molecule has 2 amide bonds. The van der Waals surface area contributed by atoms with Crippen LogP contribution in [0.5, 0.6) is 23.0 Å². The van der Waals surface area contributed by atoms with Gasteiger partial charge in [0.25, 0.3) is 0 Å². The molecule has 0 spiro atoms. The third kappa shape index (κ3) is 27.3. The normalized spacial score (nSPS) is 14.6. The number of aromatic amines is 2. The molecule has 4 aromatic carbocycles. The van der Waals surface area contributed by atoms with E-state index in [-0.39, 0.29) is 366 Å². The summed E-state index contributed by atoms with van der Waals surface area (Å²) in [5, 5.41) is 23.3. The Kier molecular flexibility index (Phi) is 41.3.